The fourth-order valence-electron chi connectivity index (χ4n) is 4.94. The third kappa shape index (κ3) is 4.33. The number of amides is 2. The zero-order valence-electron chi connectivity index (χ0n) is 19.8. The Hall–Kier alpha value is -2.82. The van der Waals surface area contributed by atoms with E-state index in [1.165, 1.54) is 28.7 Å². The highest BCUT2D eigenvalue weighted by Crippen LogP contribution is 2.46. The molecule has 34 heavy (non-hydrogen) atoms. The van der Waals surface area contributed by atoms with E-state index in [2.05, 4.69) is 42.7 Å². The molecule has 3 aromatic carbocycles. The van der Waals surface area contributed by atoms with Gasteiger partial charge in [0.05, 0.1) is 0 Å². The van der Waals surface area contributed by atoms with Gasteiger partial charge in [0.1, 0.15) is 5.00 Å². The number of rotatable bonds is 4. The van der Waals surface area contributed by atoms with Crippen molar-refractivity contribution in [3.63, 3.8) is 0 Å². The number of carbonyl (C=O) groups excluding carboxylic acids is 1. The van der Waals surface area contributed by atoms with Crippen molar-refractivity contribution < 1.29 is 4.79 Å². The molecule has 2 N–H and O–H groups in total. The maximum absolute atomic E-state index is 13.3. The van der Waals surface area contributed by atoms with E-state index in [-0.39, 0.29) is 6.03 Å². The van der Waals surface area contributed by atoms with E-state index in [0.29, 0.717) is 10.9 Å². The van der Waals surface area contributed by atoms with Crippen molar-refractivity contribution >= 4 is 49.7 Å². The summed E-state index contributed by atoms with van der Waals surface area (Å²) < 4.78 is 1.18. The zero-order chi connectivity index (χ0) is 23.8. The first-order chi connectivity index (χ1) is 16.4. The van der Waals surface area contributed by atoms with E-state index >= 15 is 0 Å². The lowest BCUT2D eigenvalue weighted by Crippen LogP contribution is -2.21. The number of carbonyl (C=O) groups is 1. The summed E-state index contributed by atoms with van der Waals surface area (Å²) in [5.74, 6) is 0.310. The van der Waals surface area contributed by atoms with E-state index in [0.717, 1.165) is 51.2 Å². The molecule has 0 aliphatic heterocycles. The molecule has 0 saturated carbocycles. The lowest BCUT2D eigenvalue weighted by atomic mass is 9.90. The molecule has 0 saturated heterocycles. The Bertz CT molecular complexity index is 1390. The van der Waals surface area contributed by atoms with Crippen molar-refractivity contribution in [3.8, 4) is 11.1 Å². The third-order valence-electron chi connectivity index (χ3n) is 6.69. The molecule has 1 aliphatic carbocycles. The van der Waals surface area contributed by atoms with Crippen LogP contribution in [-0.4, -0.2) is 6.03 Å². The number of hydrogen-bond donors (Lipinski definition) is 2. The Balaban J connectivity index is 1.58. The summed E-state index contributed by atoms with van der Waals surface area (Å²) >= 11 is 8.27. The summed E-state index contributed by atoms with van der Waals surface area (Å²) in [6.45, 7) is 6.31. The van der Waals surface area contributed by atoms with Crippen LogP contribution in [0, 0.1) is 6.92 Å². The van der Waals surface area contributed by atoms with Gasteiger partial charge in [-0.2, -0.15) is 0 Å². The minimum atomic E-state index is -0.235. The van der Waals surface area contributed by atoms with Gasteiger partial charge in [0.25, 0.3) is 0 Å². The minimum absolute atomic E-state index is 0.235. The van der Waals surface area contributed by atoms with Gasteiger partial charge >= 0.3 is 6.03 Å². The molecular formula is C29H29ClN2OS. The van der Waals surface area contributed by atoms with Crippen molar-refractivity contribution in [3.05, 3.63) is 81.9 Å². The number of urea groups is 1. The number of aryl methyl sites for hydroxylation is 3. The molecule has 0 bridgehead atoms. The maximum atomic E-state index is 13.3. The second-order valence-electron chi connectivity index (χ2n) is 9.38. The van der Waals surface area contributed by atoms with E-state index in [9.17, 15) is 4.79 Å². The van der Waals surface area contributed by atoms with Crippen LogP contribution in [0.2, 0.25) is 5.02 Å². The molecule has 0 atom stereocenters. The first-order valence-corrected chi connectivity index (χ1v) is 13.1. The number of nitrogens with one attached hydrogen (secondary N) is 2. The van der Waals surface area contributed by atoms with Crippen LogP contribution in [0.4, 0.5) is 15.5 Å². The molecule has 2 amide bonds. The fourth-order valence-corrected chi connectivity index (χ4v) is 6.32. The second kappa shape index (κ2) is 9.44. The smallest absolute Gasteiger partial charge is 0.307 e. The van der Waals surface area contributed by atoms with Crippen LogP contribution in [0.5, 0.6) is 0 Å². The zero-order valence-corrected chi connectivity index (χ0v) is 21.4. The van der Waals surface area contributed by atoms with Crippen LogP contribution in [0.15, 0.2) is 54.6 Å². The number of thiophene rings is 1. The van der Waals surface area contributed by atoms with Gasteiger partial charge in [0, 0.05) is 31.9 Å². The second-order valence-corrected chi connectivity index (χ2v) is 10.8. The summed E-state index contributed by atoms with van der Waals surface area (Å²) in [4.78, 5) is 13.3. The van der Waals surface area contributed by atoms with E-state index in [4.69, 9.17) is 11.6 Å². The number of para-hydroxylation sites is 1. The number of benzene rings is 3. The monoisotopic (exact) mass is 488 g/mol. The van der Waals surface area contributed by atoms with Crippen LogP contribution < -0.4 is 10.6 Å². The summed E-state index contributed by atoms with van der Waals surface area (Å²) in [6.07, 6.45) is 4.70. The van der Waals surface area contributed by atoms with Gasteiger partial charge < -0.3 is 5.32 Å². The van der Waals surface area contributed by atoms with Crippen molar-refractivity contribution in [2.24, 2.45) is 0 Å². The number of hydrogen-bond acceptors (Lipinski definition) is 2. The first-order valence-electron chi connectivity index (χ1n) is 11.9. The van der Waals surface area contributed by atoms with Crippen LogP contribution in [0.3, 0.4) is 0 Å². The Morgan fingerprint density at radius 2 is 1.71 bits per heavy atom. The van der Waals surface area contributed by atoms with E-state index in [1.807, 2.05) is 43.3 Å². The molecule has 0 fully saturated rings. The standard InChI is InChI=1S/C29H29ClN2OS/c1-17(2)21-13-8-9-18(3)27(21)31-29(33)32-28-26(22-12-6-7-14-24(22)30)23-15-19-10-4-5-11-20(19)16-25(23)34-28/h6-9,12-17H,4-5,10-11H2,1-3H3,(H2,31,32,33). The molecule has 1 aliphatic rings. The molecular weight excluding hydrogens is 460 g/mol. The predicted octanol–water partition coefficient (Wildman–Crippen LogP) is 9.18. The van der Waals surface area contributed by atoms with Gasteiger partial charge in [-0.25, -0.2) is 4.79 Å². The van der Waals surface area contributed by atoms with Gasteiger partial charge in [-0.15, -0.1) is 11.3 Å². The summed E-state index contributed by atoms with van der Waals surface area (Å²) in [7, 11) is 0. The fraction of sp³-hybridized carbons (Fsp3) is 0.276. The molecule has 0 spiro atoms. The topological polar surface area (TPSA) is 41.1 Å². The van der Waals surface area contributed by atoms with Crippen molar-refractivity contribution in [2.45, 2.75) is 52.4 Å². The van der Waals surface area contributed by atoms with Crippen molar-refractivity contribution in [1.29, 1.82) is 0 Å². The average Bonchev–Trinajstić information content (AvgIpc) is 3.15. The maximum Gasteiger partial charge on any atom is 0.324 e. The van der Waals surface area contributed by atoms with Crippen molar-refractivity contribution in [1.82, 2.24) is 0 Å². The number of anilines is 2. The molecule has 3 nitrogen and oxygen atoms in total. The quantitative estimate of drug-likeness (QED) is 0.295. The highest BCUT2D eigenvalue weighted by atomic mass is 35.5. The van der Waals surface area contributed by atoms with E-state index < -0.39 is 0 Å². The first kappa shape index (κ1) is 22.9. The van der Waals surface area contributed by atoms with Crippen LogP contribution in [-0.2, 0) is 12.8 Å². The van der Waals surface area contributed by atoms with Gasteiger partial charge in [0.15, 0.2) is 0 Å². The summed E-state index contributed by atoms with van der Waals surface area (Å²) in [6, 6.07) is 18.4. The molecule has 0 radical (unpaired) electrons. The van der Waals surface area contributed by atoms with Crippen LogP contribution >= 0.6 is 22.9 Å². The lowest BCUT2D eigenvalue weighted by molar-refractivity contribution is 0.262. The number of fused-ring (bicyclic) bond motifs is 2. The molecule has 174 valence electrons. The molecule has 4 aromatic rings. The Kier molecular flexibility index (Phi) is 6.37. The predicted molar refractivity (Wildman–Crippen MR) is 147 cm³/mol. The average molecular weight is 489 g/mol. The lowest BCUT2D eigenvalue weighted by Gasteiger charge is -2.17. The van der Waals surface area contributed by atoms with E-state index in [1.54, 1.807) is 11.3 Å². The van der Waals surface area contributed by atoms with Gasteiger partial charge in [0.2, 0.25) is 0 Å². The Morgan fingerprint density at radius 3 is 2.44 bits per heavy atom. The van der Waals surface area contributed by atoms with Crippen LogP contribution in [0.25, 0.3) is 21.2 Å². The highest BCUT2D eigenvalue weighted by molar-refractivity contribution is 7.23. The molecule has 0 unspecified atom stereocenters. The van der Waals surface area contributed by atoms with Gasteiger partial charge in [-0.05, 0) is 79.0 Å². The molecule has 5 heteroatoms. The van der Waals surface area contributed by atoms with Gasteiger partial charge in [-0.3, -0.25) is 5.32 Å². The number of halogens is 1. The van der Waals surface area contributed by atoms with Crippen molar-refractivity contribution in [2.75, 3.05) is 10.6 Å². The summed E-state index contributed by atoms with van der Waals surface area (Å²) in [5, 5.41) is 8.96. The largest absolute Gasteiger partial charge is 0.324 e. The Morgan fingerprint density at radius 1 is 0.971 bits per heavy atom. The molecule has 1 aromatic heterocycles. The molecule has 1 heterocycles. The van der Waals surface area contributed by atoms with Gasteiger partial charge in [-0.1, -0.05) is 61.8 Å². The minimum Gasteiger partial charge on any atom is -0.307 e. The Labute approximate surface area is 210 Å². The normalized spacial score (nSPS) is 13.2. The van der Waals surface area contributed by atoms with Crippen LogP contribution in [0.1, 0.15) is 54.9 Å². The molecule has 5 rings (SSSR count). The summed E-state index contributed by atoms with van der Waals surface area (Å²) in [5.41, 5.74) is 7.86. The third-order valence-corrected chi connectivity index (χ3v) is 8.09. The highest BCUT2D eigenvalue weighted by Gasteiger charge is 2.21. The SMILES string of the molecule is Cc1cccc(C(C)C)c1NC(=O)Nc1sc2cc3c(cc2c1-c1ccccc1Cl)CCCC3.